The minimum Gasteiger partial charge on any atom is -0.493 e. The molecule has 8 nitrogen and oxygen atoms in total. The van der Waals surface area contributed by atoms with Gasteiger partial charge in [0.2, 0.25) is 14.9 Å². The second-order valence-electron chi connectivity index (χ2n) is 7.20. The number of hydrogen-bond donors (Lipinski definition) is 0. The Kier molecular flexibility index (Phi) is 6.65. The van der Waals surface area contributed by atoms with E-state index in [-0.39, 0.29) is 22.3 Å². The number of sulfone groups is 1. The van der Waals surface area contributed by atoms with Crippen molar-refractivity contribution in [2.75, 3.05) is 19.1 Å². The van der Waals surface area contributed by atoms with E-state index in [4.69, 9.17) is 13.9 Å². The lowest BCUT2D eigenvalue weighted by Crippen LogP contribution is -2.30. The molecule has 0 aliphatic carbocycles. The maximum absolute atomic E-state index is 13.4. The summed E-state index contributed by atoms with van der Waals surface area (Å²) in [5.74, 6) is 0.793. The summed E-state index contributed by atoms with van der Waals surface area (Å²) in [6.45, 7) is 0.137. The molecular formula is C25H22N2O6S. The van der Waals surface area contributed by atoms with Gasteiger partial charge in [-0.1, -0.05) is 30.3 Å². The molecule has 34 heavy (non-hydrogen) atoms. The Labute approximate surface area is 197 Å². The molecular weight excluding hydrogens is 456 g/mol. The third kappa shape index (κ3) is 4.65. The van der Waals surface area contributed by atoms with Crippen LogP contribution in [0, 0.1) is 0 Å². The third-order valence-corrected chi connectivity index (χ3v) is 6.71. The summed E-state index contributed by atoms with van der Waals surface area (Å²) in [5, 5.41) is -0.311. The summed E-state index contributed by atoms with van der Waals surface area (Å²) in [4.78, 5) is 19.2. The second-order valence-corrected chi connectivity index (χ2v) is 9.08. The van der Waals surface area contributed by atoms with Gasteiger partial charge in [-0.25, -0.2) is 13.4 Å². The first-order valence-electron chi connectivity index (χ1n) is 10.3. The number of methoxy groups -OCH3 is 2. The predicted molar refractivity (Wildman–Crippen MR) is 125 cm³/mol. The van der Waals surface area contributed by atoms with Gasteiger partial charge in [0.25, 0.3) is 5.91 Å². The number of amides is 1. The number of carbonyl (C=O) groups excluding carboxylic acids is 1. The van der Waals surface area contributed by atoms with Crippen LogP contribution in [-0.4, -0.2) is 33.5 Å². The van der Waals surface area contributed by atoms with Crippen LogP contribution in [0.25, 0.3) is 0 Å². The minimum absolute atomic E-state index is 0.0789. The first-order valence-corrected chi connectivity index (χ1v) is 11.8. The molecule has 4 rings (SSSR count). The summed E-state index contributed by atoms with van der Waals surface area (Å²) < 4.78 is 41.9. The molecule has 1 amide bonds. The summed E-state index contributed by atoms with van der Waals surface area (Å²) in [5.41, 5.74) is 0.750. The zero-order valence-corrected chi connectivity index (χ0v) is 19.4. The van der Waals surface area contributed by atoms with Crippen molar-refractivity contribution in [3.05, 3.63) is 96.4 Å². The molecule has 0 aliphatic rings. The van der Waals surface area contributed by atoms with E-state index in [9.17, 15) is 13.2 Å². The van der Waals surface area contributed by atoms with Gasteiger partial charge >= 0.3 is 0 Å². The maximum atomic E-state index is 13.4. The number of rotatable bonds is 8. The predicted octanol–water partition coefficient (Wildman–Crippen LogP) is 4.37. The van der Waals surface area contributed by atoms with Crippen LogP contribution < -0.4 is 14.4 Å². The number of ether oxygens (including phenoxy) is 2. The maximum Gasteiger partial charge on any atom is 0.295 e. The van der Waals surface area contributed by atoms with E-state index >= 15 is 0 Å². The molecule has 174 valence electrons. The van der Waals surface area contributed by atoms with Gasteiger partial charge in [-0.05, 0) is 54.1 Å². The topological polar surface area (TPSA) is 98.9 Å². The molecule has 2 aromatic heterocycles. The smallest absolute Gasteiger partial charge is 0.295 e. The lowest BCUT2D eigenvalue weighted by atomic mass is 10.1. The van der Waals surface area contributed by atoms with E-state index in [1.165, 1.54) is 36.3 Å². The fourth-order valence-electron chi connectivity index (χ4n) is 3.36. The van der Waals surface area contributed by atoms with Gasteiger partial charge in [-0.3, -0.25) is 9.69 Å². The molecule has 0 N–H and O–H groups in total. The number of anilines is 1. The normalized spacial score (nSPS) is 11.1. The Hall–Kier alpha value is -4.11. The molecule has 0 bridgehead atoms. The zero-order chi connectivity index (χ0) is 24.1. The Bertz CT molecular complexity index is 1390. The summed E-state index contributed by atoms with van der Waals surface area (Å²) in [6, 6.07) is 21.0. The highest BCUT2D eigenvalue weighted by atomic mass is 32.2. The molecule has 4 aromatic rings. The molecule has 2 aromatic carbocycles. The van der Waals surface area contributed by atoms with E-state index in [1.807, 2.05) is 0 Å². The van der Waals surface area contributed by atoms with E-state index in [1.54, 1.807) is 67.9 Å². The van der Waals surface area contributed by atoms with Crippen LogP contribution in [0.1, 0.15) is 16.1 Å². The van der Waals surface area contributed by atoms with E-state index in [0.717, 1.165) is 5.56 Å². The van der Waals surface area contributed by atoms with Crippen molar-refractivity contribution in [3.8, 4) is 11.5 Å². The monoisotopic (exact) mass is 478 g/mol. The van der Waals surface area contributed by atoms with Crippen LogP contribution >= 0.6 is 0 Å². The van der Waals surface area contributed by atoms with Crippen LogP contribution in [-0.2, 0) is 16.4 Å². The standard InChI is InChI=1S/C25H22N2O6S/c1-31-20-12-11-18(16-22(20)32-2)17-27(23-10-6-7-15-26-23)25(28)21-13-14-24(33-21)34(29,30)19-8-4-3-5-9-19/h3-16H,17H2,1-2H3. The van der Waals surface area contributed by atoms with Gasteiger partial charge < -0.3 is 13.9 Å². The largest absolute Gasteiger partial charge is 0.493 e. The fraction of sp³-hybridized carbons (Fsp3) is 0.120. The van der Waals surface area contributed by atoms with Gasteiger partial charge in [0.05, 0.1) is 25.7 Å². The quantitative estimate of drug-likeness (QED) is 0.371. The first-order chi connectivity index (χ1) is 16.4. The average molecular weight is 479 g/mol. The SMILES string of the molecule is COc1ccc(CN(C(=O)c2ccc(S(=O)(=O)c3ccccc3)o2)c2ccccn2)cc1OC. The van der Waals surface area contributed by atoms with E-state index in [2.05, 4.69) is 4.98 Å². The molecule has 2 heterocycles. The molecule has 0 atom stereocenters. The van der Waals surface area contributed by atoms with Crippen molar-refractivity contribution in [2.24, 2.45) is 0 Å². The molecule has 0 saturated heterocycles. The number of hydrogen-bond acceptors (Lipinski definition) is 7. The molecule has 0 spiro atoms. The molecule has 9 heteroatoms. The Balaban J connectivity index is 1.68. The van der Waals surface area contributed by atoms with Crippen LogP contribution in [0.15, 0.2) is 99.5 Å². The van der Waals surface area contributed by atoms with Crippen LogP contribution in [0.4, 0.5) is 5.82 Å². The summed E-state index contributed by atoms with van der Waals surface area (Å²) in [7, 11) is -0.832. The van der Waals surface area contributed by atoms with Gasteiger partial charge in [0, 0.05) is 6.20 Å². The fourth-order valence-corrected chi connectivity index (χ4v) is 4.55. The van der Waals surface area contributed by atoms with Crippen molar-refractivity contribution in [1.82, 2.24) is 4.98 Å². The molecule has 0 radical (unpaired) electrons. The van der Waals surface area contributed by atoms with Gasteiger partial charge in [-0.15, -0.1) is 0 Å². The highest BCUT2D eigenvalue weighted by Gasteiger charge is 2.27. The lowest BCUT2D eigenvalue weighted by Gasteiger charge is -2.21. The summed E-state index contributed by atoms with van der Waals surface area (Å²) >= 11 is 0. The zero-order valence-electron chi connectivity index (χ0n) is 18.5. The Morgan fingerprint density at radius 2 is 1.65 bits per heavy atom. The number of nitrogens with zero attached hydrogens (tertiary/aromatic N) is 2. The van der Waals surface area contributed by atoms with Gasteiger partial charge in [-0.2, -0.15) is 0 Å². The lowest BCUT2D eigenvalue weighted by molar-refractivity contribution is 0.0952. The average Bonchev–Trinajstić information content (AvgIpc) is 3.39. The van der Waals surface area contributed by atoms with Gasteiger partial charge in [0.15, 0.2) is 17.3 Å². The van der Waals surface area contributed by atoms with Crippen molar-refractivity contribution in [3.63, 3.8) is 0 Å². The second kappa shape index (κ2) is 9.80. The number of pyridine rings is 1. The number of benzene rings is 2. The van der Waals surface area contributed by atoms with Crippen LogP contribution in [0.3, 0.4) is 0 Å². The van der Waals surface area contributed by atoms with Crippen molar-refractivity contribution >= 4 is 21.6 Å². The number of carbonyl (C=O) groups is 1. The highest BCUT2D eigenvalue weighted by molar-refractivity contribution is 7.91. The molecule has 0 aliphatic heterocycles. The molecule has 0 fully saturated rings. The van der Waals surface area contributed by atoms with Crippen LogP contribution in [0.5, 0.6) is 11.5 Å². The highest BCUT2D eigenvalue weighted by Crippen LogP contribution is 2.30. The van der Waals surface area contributed by atoms with Crippen LogP contribution in [0.2, 0.25) is 0 Å². The number of furan rings is 1. The Morgan fingerprint density at radius 1 is 0.912 bits per heavy atom. The first kappa shape index (κ1) is 23.1. The van der Waals surface area contributed by atoms with E-state index < -0.39 is 15.7 Å². The Morgan fingerprint density at radius 3 is 2.32 bits per heavy atom. The number of aromatic nitrogens is 1. The van der Waals surface area contributed by atoms with Crippen molar-refractivity contribution in [2.45, 2.75) is 16.5 Å². The molecule has 0 saturated carbocycles. The van der Waals surface area contributed by atoms with Crippen molar-refractivity contribution in [1.29, 1.82) is 0 Å². The summed E-state index contributed by atoms with van der Waals surface area (Å²) in [6.07, 6.45) is 1.57. The van der Waals surface area contributed by atoms with E-state index in [0.29, 0.717) is 17.3 Å². The minimum atomic E-state index is -3.90. The molecule has 0 unspecified atom stereocenters. The third-order valence-electron chi connectivity index (χ3n) is 5.07. The van der Waals surface area contributed by atoms with Gasteiger partial charge in [0.1, 0.15) is 5.82 Å². The van der Waals surface area contributed by atoms with Crippen molar-refractivity contribution < 1.29 is 27.1 Å².